The molecule has 2 heterocycles. The van der Waals surface area contributed by atoms with Crippen molar-refractivity contribution in [3.05, 3.63) is 58.7 Å². The number of anilines is 1. The first-order valence-corrected chi connectivity index (χ1v) is 8.13. The quantitative estimate of drug-likeness (QED) is 0.490. The van der Waals surface area contributed by atoms with Crippen LogP contribution in [0.15, 0.2) is 47.5 Å². The van der Waals surface area contributed by atoms with E-state index in [0.29, 0.717) is 21.3 Å². The largest absolute Gasteiger partial charge is 0.427 e. The van der Waals surface area contributed by atoms with Crippen LogP contribution < -0.4 is 10.2 Å². The zero-order valence-corrected chi connectivity index (χ0v) is 13.2. The van der Waals surface area contributed by atoms with E-state index >= 15 is 0 Å². The Morgan fingerprint density at radius 3 is 2.88 bits per heavy atom. The summed E-state index contributed by atoms with van der Waals surface area (Å²) in [6.45, 7) is 0. The van der Waals surface area contributed by atoms with Crippen LogP contribution in [0.2, 0.25) is 0 Å². The number of nitrogens with zero attached hydrogens (tertiary/aromatic N) is 3. The van der Waals surface area contributed by atoms with Crippen LogP contribution in [0, 0.1) is 4.91 Å². The number of fused-ring (bicyclic) bond motifs is 2. The molecule has 1 aliphatic heterocycles. The van der Waals surface area contributed by atoms with Gasteiger partial charge < -0.3 is 5.21 Å². The third-order valence-corrected chi connectivity index (χ3v) is 5.26. The molecule has 2 aliphatic rings. The van der Waals surface area contributed by atoms with Gasteiger partial charge >= 0.3 is 5.82 Å². The molecule has 0 unspecified atom stereocenters. The number of aromatic nitrogens is 2. The smallest absolute Gasteiger partial charge is 0.348 e. The second-order valence-electron chi connectivity index (χ2n) is 5.48. The van der Waals surface area contributed by atoms with Crippen molar-refractivity contribution in [3.63, 3.8) is 0 Å². The molecule has 1 aromatic carbocycles. The van der Waals surface area contributed by atoms with Crippen molar-refractivity contribution in [2.24, 2.45) is 4.99 Å². The number of carbonyl (C=O) groups is 1. The molecule has 4 rings (SSSR count). The van der Waals surface area contributed by atoms with E-state index < -0.39 is 0 Å². The molecule has 3 N–H and O–H groups in total. The lowest BCUT2D eigenvalue weighted by molar-refractivity contribution is -0.448. The molecular weight excluding hydrogens is 328 g/mol. The maximum absolute atomic E-state index is 12.5. The van der Waals surface area contributed by atoms with E-state index in [4.69, 9.17) is 5.73 Å². The minimum absolute atomic E-state index is 0.0495. The van der Waals surface area contributed by atoms with Gasteiger partial charge in [0.2, 0.25) is 11.2 Å². The zero-order valence-electron chi connectivity index (χ0n) is 12.4. The molecular formula is C16H13N4O3S+. The van der Waals surface area contributed by atoms with Gasteiger partial charge in [0.25, 0.3) is 0 Å². The minimum atomic E-state index is -0.137. The van der Waals surface area contributed by atoms with Gasteiger partial charge in [0.15, 0.2) is 0 Å². The number of aliphatic imine (C=N–C) groups is 1. The topological polar surface area (TPSA) is 104 Å². The van der Waals surface area contributed by atoms with Crippen molar-refractivity contribution in [1.82, 2.24) is 4.73 Å². The summed E-state index contributed by atoms with van der Waals surface area (Å²) < 4.78 is 1.38. The summed E-state index contributed by atoms with van der Waals surface area (Å²) in [6, 6.07) is 4.33. The summed E-state index contributed by atoms with van der Waals surface area (Å²) in [4.78, 5) is 28.0. The normalized spacial score (nSPS) is 21.8. The van der Waals surface area contributed by atoms with Crippen LogP contribution in [0.5, 0.6) is 0 Å². The number of thioether (sulfide) groups is 1. The predicted molar refractivity (Wildman–Crippen MR) is 92.3 cm³/mol. The van der Waals surface area contributed by atoms with Crippen molar-refractivity contribution < 1.29 is 14.4 Å². The molecule has 0 radical (unpaired) electrons. The Morgan fingerprint density at radius 1 is 1.33 bits per heavy atom. The summed E-state index contributed by atoms with van der Waals surface area (Å²) >= 11 is 1.43. The number of nitrogen functional groups attached to an aromatic ring is 1. The molecule has 120 valence electrons. The SMILES string of the molecule is Nc1c(C2=N[C@@H]3C=CC=C[C@@H]3S2)n(O)c2cc(C=O)ccc2[n+]1=O. The highest BCUT2D eigenvalue weighted by Gasteiger charge is 2.34. The highest BCUT2D eigenvalue weighted by molar-refractivity contribution is 8.15. The Hall–Kier alpha value is -2.87. The molecule has 0 bridgehead atoms. The number of nitrogens with two attached hydrogens (primary N) is 1. The van der Waals surface area contributed by atoms with E-state index in [-0.39, 0.29) is 33.8 Å². The first kappa shape index (κ1) is 14.7. The lowest BCUT2D eigenvalue weighted by Gasteiger charge is -2.11. The van der Waals surface area contributed by atoms with Crippen molar-refractivity contribution in [1.29, 1.82) is 0 Å². The van der Waals surface area contributed by atoms with E-state index in [1.807, 2.05) is 24.3 Å². The Kier molecular flexibility index (Phi) is 3.27. The number of hydrogen-bond acceptors (Lipinski definition) is 6. The van der Waals surface area contributed by atoms with Gasteiger partial charge in [-0.1, -0.05) is 41.0 Å². The third kappa shape index (κ3) is 2.07. The van der Waals surface area contributed by atoms with Crippen LogP contribution in [0.4, 0.5) is 5.82 Å². The van der Waals surface area contributed by atoms with Gasteiger partial charge in [0, 0.05) is 9.99 Å². The molecule has 0 saturated carbocycles. The number of aldehydes is 1. The number of hydrogen-bond donors (Lipinski definition) is 2. The minimum Gasteiger partial charge on any atom is -0.427 e. The zero-order chi connectivity index (χ0) is 16.8. The van der Waals surface area contributed by atoms with E-state index in [2.05, 4.69) is 4.99 Å². The van der Waals surface area contributed by atoms with Gasteiger partial charge in [-0.2, -0.15) is 4.73 Å². The Balaban J connectivity index is 1.96. The highest BCUT2D eigenvalue weighted by atomic mass is 32.2. The Bertz CT molecular complexity index is 1020. The lowest BCUT2D eigenvalue weighted by atomic mass is 10.1. The van der Waals surface area contributed by atoms with E-state index in [1.54, 1.807) is 0 Å². The molecule has 24 heavy (non-hydrogen) atoms. The maximum Gasteiger partial charge on any atom is 0.348 e. The number of rotatable bonds is 2. The fraction of sp³-hybridized carbons (Fsp3) is 0.125. The highest BCUT2D eigenvalue weighted by Crippen LogP contribution is 2.35. The first-order valence-electron chi connectivity index (χ1n) is 7.25. The van der Waals surface area contributed by atoms with Gasteiger partial charge in [0.1, 0.15) is 16.8 Å². The van der Waals surface area contributed by atoms with Gasteiger partial charge in [-0.3, -0.25) is 15.5 Å². The van der Waals surface area contributed by atoms with Crippen LogP contribution in [-0.4, -0.2) is 32.6 Å². The van der Waals surface area contributed by atoms with Crippen molar-refractivity contribution in [2.75, 3.05) is 5.73 Å². The van der Waals surface area contributed by atoms with E-state index in [1.165, 1.54) is 30.0 Å². The van der Waals surface area contributed by atoms with Crippen LogP contribution in [0.1, 0.15) is 16.1 Å². The number of benzene rings is 1. The van der Waals surface area contributed by atoms with Gasteiger partial charge in [-0.05, 0) is 18.2 Å². The fourth-order valence-corrected chi connectivity index (χ4v) is 4.03. The fourth-order valence-electron chi connectivity index (χ4n) is 2.82. The molecule has 0 spiro atoms. The maximum atomic E-state index is 12.5. The van der Waals surface area contributed by atoms with Crippen molar-refractivity contribution in [2.45, 2.75) is 11.3 Å². The summed E-state index contributed by atoms with van der Waals surface area (Å²) in [6.07, 6.45) is 8.47. The van der Waals surface area contributed by atoms with Gasteiger partial charge in [-0.25, -0.2) is 0 Å². The molecule has 0 fully saturated rings. The molecule has 1 aliphatic carbocycles. The van der Waals surface area contributed by atoms with Crippen LogP contribution >= 0.6 is 11.8 Å². The summed E-state index contributed by atoms with van der Waals surface area (Å²) in [5, 5.41) is 11.2. The van der Waals surface area contributed by atoms with Gasteiger partial charge in [-0.15, -0.1) is 0 Å². The molecule has 0 saturated heterocycles. The lowest BCUT2D eigenvalue weighted by Crippen LogP contribution is -2.28. The molecule has 2 atom stereocenters. The second-order valence-corrected chi connectivity index (χ2v) is 6.65. The molecule has 2 aromatic rings. The monoisotopic (exact) mass is 341 g/mol. The Morgan fingerprint density at radius 2 is 2.12 bits per heavy atom. The molecule has 0 amide bonds. The van der Waals surface area contributed by atoms with Crippen LogP contribution in [0.25, 0.3) is 11.0 Å². The van der Waals surface area contributed by atoms with Crippen LogP contribution in [0.3, 0.4) is 0 Å². The Labute approximate surface area is 140 Å². The molecule has 7 nitrogen and oxygen atoms in total. The van der Waals surface area contributed by atoms with Gasteiger partial charge in [0.05, 0.1) is 11.3 Å². The predicted octanol–water partition coefficient (Wildman–Crippen LogP) is 1.54. The van der Waals surface area contributed by atoms with Crippen molar-refractivity contribution >= 4 is 39.9 Å². The molecule has 8 heteroatoms. The molecule has 1 aromatic heterocycles. The summed E-state index contributed by atoms with van der Waals surface area (Å²) in [5.41, 5.74) is 6.82. The van der Waals surface area contributed by atoms with E-state index in [9.17, 15) is 14.9 Å². The summed E-state index contributed by atoms with van der Waals surface area (Å²) in [7, 11) is 0. The standard InChI is InChI=1S/C16H13N4O3S/c17-15-14(16-18-10-3-1-2-4-13(10)24-16)19(22)12-7-9(8-21)5-6-11(12)20(15)23/h1-8,10,13,22H,17H2/q+1/t10-,13+/m1/s1. The second kappa shape index (κ2) is 5.34. The van der Waals surface area contributed by atoms with Crippen LogP contribution in [-0.2, 0) is 0 Å². The third-order valence-electron chi connectivity index (χ3n) is 4.03. The number of allylic oxidation sites excluding steroid dienone is 2. The number of carbonyl (C=O) groups excluding carboxylic acids is 1. The first-order chi connectivity index (χ1) is 11.6. The average Bonchev–Trinajstić information content (AvgIpc) is 3.03. The van der Waals surface area contributed by atoms with E-state index in [0.717, 1.165) is 4.73 Å². The summed E-state index contributed by atoms with van der Waals surface area (Å²) in [5.74, 6) is -0.137. The average molecular weight is 341 g/mol. The van der Waals surface area contributed by atoms with Crippen molar-refractivity contribution in [3.8, 4) is 0 Å².